The number of carbonyl (C=O) groups is 1. The van der Waals surface area contributed by atoms with Crippen LogP contribution in [0.5, 0.6) is 11.5 Å². The molecule has 28 heavy (non-hydrogen) atoms. The third kappa shape index (κ3) is 3.03. The lowest BCUT2D eigenvalue weighted by Crippen LogP contribution is -2.35. The van der Waals surface area contributed by atoms with E-state index in [1.807, 2.05) is 18.2 Å². The third-order valence-electron chi connectivity index (χ3n) is 4.86. The number of hydrogen-bond acceptors (Lipinski definition) is 5. The summed E-state index contributed by atoms with van der Waals surface area (Å²) in [6.45, 7) is 0.540. The number of aromatic hydroxyl groups is 2. The number of fused-ring (bicyclic) bond motifs is 1. The molecule has 2 heterocycles. The molecule has 0 saturated heterocycles. The summed E-state index contributed by atoms with van der Waals surface area (Å²) in [6, 6.07) is 15.2. The summed E-state index contributed by atoms with van der Waals surface area (Å²) in [5, 5.41) is 28.8. The van der Waals surface area contributed by atoms with Gasteiger partial charge in [0.25, 0.3) is 5.91 Å². The molecule has 1 aromatic heterocycles. The van der Waals surface area contributed by atoms with Crippen molar-refractivity contribution < 1.29 is 15.0 Å². The zero-order valence-electron chi connectivity index (χ0n) is 15.0. The van der Waals surface area contributed by atoms with Crippen LogP contribution in [0.1, 0.15) is 27.9 Å². The van der Waals surface area contributed by atoms with Crippen molar-refractivity contribution in [2.75, 3.05) is 11.4 Å². The molecule has 2 N–H and O–H groups in total. The van der Waals surface area contributed by atoms with Gasteiger partial charge >= 0.3 is 0 Å². The molecule has 3 aromatic rings. The first kappa shape index (κ1) is 17.6. The van der Waals surface area contributed by atoms with Gasteiger partial charge in [-0.05, 0) is 54.8 Å². The van der Waals surface area contributed by atoms with Gasteiger partial charge < -0.3 is 15.1 Å². The van der Waals surface area contributed by atoms with E-state index < -0.39 is 0 Å². The van der Waals surface area contributed by atoms with Gasteiger partial charge in [-0.1, -0.05) is 6.07 Å². The zero-order chi connectivity index (χ0) is 19.7. The molecule has 6 heteroatoms. The molecule has 2 aromatic carbocycles. The van der Waals surface area contributed by atoms with Crippen LogP contribution < -0.4 is 4.90 Å². The van der Waals surface area contributed by atoms with E-state index in [0.29, 0.717) is 17.8 Å². The number of nitriles is 1. The Bertz CT molecular complexity index is 1120. The monoisotopic (exact) mass is 371 g/mol. The van der Waals surface area contributed by atoms with E-state index in [2.05, 4.69) is 11.1 Å². The Morgan fingerprint density at radius 3 is 2.79 bits per heavy atom. The molecule has 1 aliphatic rings. The number of pyridine rings is 1. The molecule has 1 aliphatic heterocycles. The summed E-state index contributed by atoms with van der Waals surface area (Å²) in [6.07, 6.45) is 3.25. The van der Waals surface area contributed by atoms with Gasteiger partial charge in [0.2, 0.25) is 0 Å². The quantitative estimate of drug-likeness (QED) is 0.717. The van der Waals surface area contributed by atoms with E-state index in [9.17, 15) is 20.3 Å². The molecule has 0 spiro atoms. The Kier molecular flexibility index (Phi) is 4.42. The minimum atomic E-state index is -0.318. The highest BCUT2D eigenvalue weighted by molar-refractivity contribution is 6.08. The lowest BCUT2D eigenvalue weighted by molar-refractivity contribution is 0.0982. The average Bonchev–Trinajstić information content (AvgIpc) is 2.72. The Labute approximate surface area is 161 Å². The van der Waals surface area contributed by atoms with E-state index >= 15 is 0 Å². The minimum Gasteiger partial charge on any atom is -0.508 e. The maximum absolute atomic E-state index is 13.0. The van der Waals surface area contributed by atoms with Gasteiger partial charge in [0, 0.05) is 30.1 Å². The van der Waals surface area contributed by atoms with Crippen LogP contribution in [0.4, 0.5) is 5.69 Å². The van der Waals surface area contributed by atoms with Gasteiger partial charge in [0.15, 0.2) is 0 Å². The summed E-state index contributed by atoms with van der Waals surface area (Å²) in [7, 11) is 0. The van der Waals surface area contributed by atoms with Crippen LogP contribution in [-0.2, 0) is 6.42 Å². The van der Waals surface area contributed by atoms with Crippen molar-refractivity contribution in [1.29, 1.82) is 5.26 Å². The van der Waals surface area contributed by atoms with Crippen molar-refractivity contribution in [1.82, 2.24) is 4.98 Å². The average molecular weight is 371 g/mol. The first-order chi connectivity index (χ1) is 13.6. The number of carbonyl (C=O) groups excluding carboxylic acids is 1. The van der Waals surface area contributed by atoms with E-state index in [-0.39, 0.29) is 23.0 Å². The Morgan fingerprint density at radius 2 is 2.00 bits per heavy atom. The summed E-state index contributed by atoms with van der Waals surface area (Å²) in [5.74, 6) is -0.663. The van der Waals surface area contributed by atoms with Crippen molar-refractivity contribution in [2.45, 2.75) is 12.8 Å². The SMILES string of the molecule is N#Cc1cccnc1-c1ccc2c(c1)CCCN2C(=O)c1ccc(O)cc1O. The highest BCUT2D eigenvalue weighted by Crippen LogP contribution is 2.34. The lowest BCUT2D eigenvalue weighted by Gasteiger charge is -2.30. The van der Waals surface area contributed by atoms with Crippen molar-refractivity contribution in [3.63, 3.8) is 0 Å². The third-order valence-corrected chi connectivity index (χ3v) is 4.86. The number of nitrogens with zero attached hydrogens (tertiary/aromatic N) is 3. The standard InChI is InChI=1S/C22H17N3O3/c23-13-16-3-1-9-24-21(16)15-5-8-19-14(11-15)4-2-10-25(19)22(28)18-7-6-17(26)12-20(18)27/h1,3,5-9,11-12,26-27H,2,4,10H2. The number of aryl methyl sites for hydroxylation is 1. The molecule has 0 atom stereocenters. The van der Waals surface area contributed by atoms with Crippen molar-refractivity contribution in [3.05, 3.63) is 71.4 Å². The van der Waals surface area contributed by atoms with Gasteiger partial charge in [-0.15, -0.1) is 0 Å². The second-order valence-electron chi connectivity index (χ2n) is 6.62. The zero-order valence-corrected chi connectivity index (χ0v) is 15.0. The van der Waals surface area contributed by atoms with Gasteiger partial charge in [-0.25, -0.2) is 0 Å². The number of hydrogen-bond donors (Lipinski definition) is 2. The van der Waals surface area contributed by atoms with E-state index in [4.69, 9.17) is 0 Å². The predicted octanol–water partition coefficient (Wildman–Crippen LogP) is 3.62. The smallest absolute Gasteiger partial charge is 0.262 e. The molecule has 0 fully saturated rings. The van der Waals surface area contributed by atoms with E-state index in [1.165, 1.54) is 12.1 Å². The fourth-order valence-electron chi connectivity index (χ4n) is 3.53. The van der Waals surface area contributed by atoms with Crippen LogP contribution in [0.15, 0.2) is 54.7 Å². The molecule has 1 amide bonds. The number of rotatable bonds is 2. The number of anilines is 1. The van der Waals surface area contributed by atoms with Crippen LogP contribution in [0, 0.1) is 11.3 Å². The molecular formula is C22H17N3O3. The first-order valence-corrected chi connectivity index (χ1v) is 8.91. The molecule has 138 valence electrons. The van der Waals surface area contributed by atoms with Crippen LogP contribution in [0.3, 0.4) is 0 Å². The lowest BCUT2D eigenvalue weighted by atomic mass is 9.96. The van der Waals surface area contributed by atoms with Crippen LogP contribution >= 0.6 is 0 Å². The molecule has 0 radical (unpaired) electrons. The molecule has 0 bridgehead atoms. The second kappa shape index (κ2) is 7.05. The number of aromatic nitrogens is 1. The normalized spacial score (nSPS) is 12.9. The van der Waals surface area contributed by atoms with Crippen molar-refractivity contribution in [2.24, 2.45) is 0 Å². The maximum atomic E-state index is 13.0. The van der Waals surface area contributed by atoms with Crippen LogP contribution in [0.25, 0.3) is 11.3 Å². The Morgan fingerprint density at radius 1 is 1.14 bits per heavy atom. The Hall–Kier alpha value is -3.85. The fraction of sp³-hybridized carbons (Fsp3) is 0.136. The number of phenolic OH excluding ortho intramolecular Hbond substituents is 2. The molecule has 0 aliphatic carbocycles. The second-order valence-corrected chi connectivity index (χ2v) is 6.62. The number of phenols is 2. The topological polar surface area (TPSA) is 97.5 Å². The van der Waals surface area contributed by atoms with Crippen LogP contribution in [0.2, 0.25) is 0 Å². The first-order valence-electron chi connectivity index (χ1n) is 8.91. The summed E-state index contributed by atoms with van der Waals surface area (Å²) in [5.41, 5.74) is 3.86. The van der Waals surface area contributed by atoms with Gasteiger partial charge in [-0.2, -0.15) is 5.26 Å². The molecule has 0 saturated carbocycles. The minimum absolute atomic E-state index is 0.0959. The van der Waals surface area contributed by atoms with E-state index in [1.54, 1.807) is 23.2 Å². The van der Waals surface area contributed by atoms with Crippen molar-refractivity contribution >= 4 is 11.6 Å². The fourth-order valence-corrected chi connectivity index (χ4v) is 3.53. The summed E-state index contributed by atoms with van der Waals surface area (Å²) in [4.78, 5) is 18.9. The largest absolute Gasteiger partial charge is 0.508 e. The molecule has 0 unspecified atom stereocenters. The number of amides is 1. The number of benzene rings is 2. The summed E-state index contributed by atoms with van der Waals surface area (Å²) >= 11 is 0. The predicted molar refractivity (Wildman–Crippen MR) is 104 cm³/mol. The maximum Gasteiger partial charge on any atom is 0.262 e. The highest BCUT2D eigenvalue weighted by Gasteiger charge is 2.26. The van der Waals surface area contributed by atoms with Gasteiger partial charge in [0.05, 0.1) is 16.8 Å². The van der Waals surface area contributed by atoms with Gasteiger partial charge in [0.1, 0.15) is 17.6 Å². The molecule has 6 nitrogen and oxygen atoms in total. The van der Waals surface area contributed by atoms with E-state index in [0.717, 1.165) is 35.7 Å². The van der Waals surface area contributed by atoms with Gasteiger partial charge in [-0.3, -0.25) is 9.78 Å². The summed E-state index contributed by atoms with van der Waals surface area (Å²) < 4.78 is 0. The van der Waals surface area contributed by atoms with Crippen LogP contribution in [-0.4, -0.2) is 27.6 Å². The van der Waals surface area contributed by atoms with Crippen molar-refractivity contribution in [3.8, 4) is 28.8 Å². The molecular weight excluding hydrogens is 354 g/mol. The highest BCUT2D eigenvalue weighted by atomic mass is 16.3. The Balaban J connectivity index is 1.73. The molecule has 4 rings (SSSR count).